The number of halogens is 2. The second-order valence-corrected chi connectivity index (χ2v) is 12.2. The molecule has 0 bridgehead atoms. The van der Waals surface area contributed by atoms with Crippen LogP contribution in [0.15, 0.2) is 21.9 Å². The van der Waals surface area contributed by atoms with Gasteiger partial charge in [0.15, 0.2) is 0 Å². The van der Waals surface area contributed by atoms with E-state index in [1.165, 1.54) is 29.2 Å². The molecule has 3 unspecified atom stereocenters. The summed E-state index contributed by atoms with van der Waals surface area (Å²) in [6.07, 6.45) is 2.21. The smallest absolute Gasteiger partial charge is 0.127 e. The van der Waals surface area contributed by atoms with Crippen LogP contribution in [0.25, 0.3) is 0 Å². The highest BCUT2D eigenvalue weighted by atomic mass is 35.5. The number of hydrogen-bond acceptors (Lipinski definition) is 1. The average molecular weight is 359 g/mol. The van der Waals surface area contributed by atoms with Crippen molar-refractivity contribution in [1.82, 2.24) is 5.32 Å². The molecule has 125 valence electrons. The zero-order valence-corrected chi connectivity index (χ0v) is 17.5. The Balaban J connectivity index is 2.44. The molecule has 0 spiro atoms. The van der Waals surface area contributed by atoms with E-state index in [0.29, 0.717) is 5.92 Å². The number of hydrogen-bond donors (Lipinski definition) is 1. The van der Waals surface area contributed by atoms with Crippen LogP contribution in [-0.2, 0) is 0 Å². The van der Waals surface area contributed by atoms with Gasteiger partial charge in [-0.25, -0.2) is 0 Å². The first kappa shape index (κ1) is 18.6. The van der Waals surface area contributed by atoms with E-state index in [4.69, 9.17) is 23.2 Å². The Bertz CT molecular complexity index is 518. The second-order valence-electron chi connectivity index (χ2n) is 7.99. The van der Waals surface area contributed by atoms with Gasteiger partial charge in [0.05, 0.1) is 5.38 Å². The van der Waals surface area contributed by atoms with Crippen LogP contribution in [0, 0.1) is 5.92 Å². The maximum absolute atomic E-state index is 7.23. The van der Waals surface area contributed by atoms with Crippen molar-refractivity contribution in [2.24, 2.45) is 5.92 Å². The Kier molecular flexibility index (Phi) is 5.30. The van der Waals surface area contributed by atoms with Crippen LogP contribution in [0.4, 0.5) is 0 Å². The van der Waals surface area contributed by atoms with Crippen molar-refractivity contribution in [3.05, 3.63) is 21.9 Å². The molecule has 1 aliphatic carbocycles. The third-order valence-corrected chi connectivity index (χ3v) is 10.8. The molecule has 0 aromatic rings. The van der Waals surface area contributed by atoms with Crippen molar-refractivity contribution in [2.45, 2.75) is 82.9 Å². The van der Waals surface area contributed by atoms with Crippen molar-refractivity contribution in [3.63, 3.8) is 0 Å². The molecule has 1 fully saturated rings. The largest absolute Gasteiger partial charge is 0.295 e. The summed E-state index contributed by atoms with van der Waals surface area (Å²) < 4.78 is -0.460. The zero-order valence-electron chi connectivity index (χ0n) is 15.0. The molecule has 2 aliphatic rings. The fourth-order valence-electron chi connectivity index (χ4n) is 3.91. The lowest BCUT2D eigenvalue weighted by Crippen LogP contribution is -2.66. The van der Waals surface area contributed by atoms with E-state index in [0.717, 1.165) is 6.42 Å². The zero-order chi connectivity index (χ0) is 16.9. The van der Waals surface area contributed by atoms with Gasteiger partial charge >= 0.3 is 0 Å². The molecule has 0 amide bonds. The summed E-state index contributed by atoms with van der Waals surface area (Å²) in [5, 5.41) is 5.32. The first-order chi connectivity index (χ1) is 9.99. The molecule has 1 saturated heterocycles. The molecule has 22 heavy (non-hydrogen) atoms. The van der Waals surface area contributed by atoms with Crippen molar-refractivity contribution >= 4 is 32.0 Å². The predicted molar refractivity (Wildman–Crippen MR) is 101 cm³/mol. The molecule has 1 N–H and O–H groups in total. The minimum absolute atomic E-state index is 0.00439. The Hall–Kier alpha value is 0.237. The summed E-state index contributed by atoms with van der Waals surface area (Å²) in [6.45, 7) is 15.7. The van der Waals surface area contributed by atoms with E-state index in [1.54, 1.807) is 5.20 Å². The summed E-state index contributed by atoms with van der Waals surface area (Å²) in [5.74, 6) is 0.524. The van der Waals surface area contributed by atoms with Crippen LogP contribution in [0.5, 0.6) is 0 Å². The number of nitrogens with one attached hydrogen (secondary N) is 1. The van der Waals surface area contributed by atoms with Gasteiger partial charge in [-0.2, -0.15) is 0 Å². The quantitative estimate of drug-likeness (QED) is 0.385. The van der Waals surface area contributed by atoms with Crippen molar-refractivity contribution < 1.29 is 0 Å². The van der Waals surface area contributed by atoms with E-state index < -0.39 is 13.4 Å². The van der Waals surface area contributed by atoms with Crippen molar-refractivity contribution in [2.75, 3.05) is 0 Å². The van der Waals surface area contributed by atoms with Gasteiger partial charge in [-0.05, 0) is 59.5 Å². The minimum atomic E-state index is -0.946. The highest BCUT2D eigenvalue weighted by molar-refractivity contribution is 6.79. The molecule has 0 aromatic carbocycles. The van der Waals surface area contributed by atoms with Gasteiger partial charge < -0.3 is 0 Å². The first-order valence-electron chi connectivity index (χ1n) is 8.36. The lowest BCUT2D eigenvalue weighted by molar-refractivity contribution is 0.359. The maximum Gasteiger partial charge on any atom is 0.127 e. The van der Waals surface area contributed by atoms with Crippen LogP contribution in [-0.4, -0.2) is 24.3 Å². The predicted octanol–water partition coefficient (Wildman–Crippen LogP) is 5.59. The third-order valence-electron chi connectivity index (χ3n) is 5.28. The van der Waals surface area contributed by atoms with Gasteiger partial charge in [-0.3, -0.25) is 5.32 Å². The molecule has 1 heterocycles. The van der Waals surface area contributed by atoms with Gasteiger partial charge in [0, 0.05) is 5.54 Å². The van der Waals surface area contributed by atoms with Gasteiger partial charge in [-0.1, -0.05) is 35.7 Å². The molecule has 1 nitrogen and oxygen atoms in total. The minimum Gasteiger partial charge on any atom is -0.295 e. The van der Waals surface area contributed by atoms with Gasteiger partial charge in [0.1, 0.15) is 13.4 Å². The number of alkyl halides is 2. The highest BCUT2D eigenvalue weighted by Gasteiger charge is 2.51. The van der Waals surface area contributed by atoms with Crippen LogP contribution in [0.1, 0.15) is 61.3 Å². The number of allylic oxidation sites excluding steroid dienone is 4. The lowest BCUT2D eigenvalue weighted by Gasteiger charge is -2.47. The normalized spacial score (nSPS) is 34.8. The standard InChI is InChI=1S/C18H30Cl2NSi/c1-11-12(2)14(4)16(13(11)3)22-10-8-9-15(19)18(22,20)21-17(5,6)7/h13,15,21H,8-10H2,1-7H3. The first-order valence-corrected chi connectivity index (χ1v) is 10.9. The highest BCUT2D eigenvalue weighted by Crippen LogP contribution is 2.47. The Morgan fingerprint density at radius 2 is 1.77 bits per heavy atom. The molecule has 0 aromatic heterocycles. The molecule has 1 radical (unpaired) electrons. The maximum atomic E-state index is 7.23. The Morgan fingerprint density at radius 3 is 2.23 bits per heavy atom. The lowest BCUT2D eigenvalue weighted by atomic mass is 10.1. The van der Waals surface area contributed by atoms with Gasteiger partial charge in [0.2, 0.25) is 0 Å². The summed E-state index contributed by atoms with van der Waals surface area (Å²) >= 11 is 14.0. The monoisotopic (exact) mass is 358 g/mol. The SMILES string of the molecule is CC1=C(C)C(C)C([Si]2CCCC(Cl)C2(Cl)NC(C)(C)C)=C1C. The number of rotatable bonds is 2. The second kappa shape index (κ2) is 6.27. The summed E-state index contributed by atoms with van der Waals surface area (Å²) in [5.41, 5.74) is 4.42. The van der Waals surface area contributed by atoms with Crippen molar-refractivity contribution in [1.29, 1.82) is 0 Å². The summed E-state index contributed by atoms with van der Waals surface area (Å²) in [7, 11) is -0.946. The molecule has 4 heteroatoms. The molecule has 1 aliphatic heterocycles. The van der Waals surface area contributed by atoms with E-state index in [9.17, 15) is 0 Å². The van der Waals surface area contributed by atoms with Crippen LogP contribution in [0.2, 0.25) is 6.04 Å². The molecular formula is C18H30Cl2NSi. The molecule has 2 rings (SSSR count). The third kappa shape index (κ3) is 3.22. The Labute approximate surface area is 148 Å². The van der Waals surface area contributed by atoms with Gasteiger partial charge in [-0.15, -0.1) is 23.2 Å². The van der Waals surface area contributed by atoms with Crippen LogP contribution in [0.3, 0.4) is 0 Å². The van der Waals surface area contributed by atoms with Gasteiger partial charge in [0.25, 0.3) is 0 Å². The van der Waals surface area contributed by atoms with Crippen LogP contribution >= 0.6 is 23.2 Å². The average Bonchev–Trinajstić information content (AvgIpc) is 2.56. The topological polar surface area (TPSA) is 12.0 Å². The molecular weight excluding hydrogens is 329 g/mol. The Morgan fingerprint density at radius 1 is 1.18 bits per heavy atom. The van der Waals surface area contributed by atoms with E-state index in [1.807, 2.05) is 0 Å². The summed E-state index contributed by atoms with van der Waals surface area (Å²) in [6, 6.07) is 1.22. The molecule has 0 saturated carbocycles. The molecule has 3 atom stereocenters. The van der Waals surface area contributed by atoms with E-state index in [2.05, 4.69) is 53.8 Å². The fourth-order valence-corrected chi connectivity index (χ4v) is 9.51. The van der Waals surface area contributed by atoms with Crippen molar-refractivity contribution in [3.8, 4) is 0 Å². The summed E-state index contributed by atoms with van der Waals surface area (Å²) in [4.78, 5) is 0. The van der Waals surface area contributed by atoms with Crippen LogP contribution < -0.4 is 5.32 Å². The fraction of sp³-hybridized carbons (Fsp3) is 0.778. The van der Waals surface area contributed by atoms with E-state index >= 15 is 0 Å². The van der Waals surface area contributed by atoms with E-state index in [-0.39, 0.29) is 10.9 Å².